The van der Waals surface area contributed by atoms with Crippen molar-refractivity contribution in [1.29, 1.82) is 5.26 Å². The second-order valence-electron chi connectivity index (χ2n) is 12.8. The van der Waals surface area contributed by atoms with E-state index >= 15 is 0 Å². The highest BCUT2D eigenvalue weighted by molar-refractivity contribution is 6.67. The molecule has 0 spiro atoms. The Balaban J connectivity index is 1.55. The van der Waals surface area contributed by atoms with Crippen LogP contribution in [-0.4, -0.2) is 98.6 Å². The largest absolute Gasteiger partial charge is 0.514 e. The molecule has 17 heteroatoms. The number of nitrogens with one attached hydrogen (secondary N) is 1. The predicted molar refractivity (Wildman–Crippen MR) is 189 cm³/mol. The van der Waals surface area contributed by atoms with E-state index in [0.29, 0.717) is 46.1 Å². The Labute approximate surface area is 316 Å². The number of nitriles is 1. The molecule has 1 N–H and O–H groups in total. The molecule has 1 saturated heterocycles. The maximum absolute atomic E-state index is 13.0. The van der Waals surface area contributed by atoms with Crippen LogP contribution in [0.15, 0.2) is 18.7 Å². The third-order valence-corrected chi connectivity index (χ3v) is 10.2. The highest BCUT2D eigenvalue weighted by atomic mass is 35.6. The molecule has 4 aliphatic rings. The van der Waals surface area contributed by atoms with E-state index in [9.17, 15) is 14.9 Å². The van der Waals surface area contributed by atoms with Crippen LogP contribution in [0.25, 0.3) is 0 Å². The van der Waals surface area contributed by atoms with Gasteiger partial charge in [0.2, 0.25) is 10.6 Å². The summed E-state index contributed by atoms with van der Waals surface area (Å²) < 4.78 is 44.0. The van der Waals surface area contributed by atoms with Crippen LogP contribution in [0.3, 0.4) is 0 Å². The van der Waals surface area contributed by atoms with Crippen molar-refractivity contribution in [3.63, 3.8) is 0 Å². The number of carbonyl (C=O) groups excluding carboxylic acids is 2. The number of halogens is 3. The lowest BCUT2D eigenvalue weighted by Gasteiger charge is -2.60. The van der Waals surface area contributed by atoms with Gasteiger partial charge in [-0.25, -0.2) is 9.59 Å². The predicted octanol–water partition coefficient (Wildman–Crippen LogP) is 5.59. The maximum atomic E-state index is 13.0. The fraction of sp³-hybridized carbons (Fsp3) is 0.514. The van der Waals surface area contributed by atoms with Crippen LogP contribution in [0.1, 0.15) is 45.5 Å². The molecule has 0 saturated carbocycles. The minimum Gasteiger partial charge on any atom is -0.493 e. The number of hydrogen-bond acceptors (Lipinski definition) is 13. The van der Waals surface area contributed by atoms with Crippen molar-refractivity contribution in [2.75, 3.05) is 54.6 Å². The lowest BCUT2D eigenvalue weighted by atomic mass is 9.71. The van der Waals surface area contributed by atoms with Gasteiger partial charge in [0, 0.05) is 48.0 Å². The number of ether oxygens (including phenoxy) is 8. The van der Waals surface area contributed by atoms with E-state index < -0.39 is 40.8 Å². The maximum Gasteiger partial charge on any atom is 0.514 e. The van der Waals surface area contributed by atoms with E-state index in [2.05, 4.69) is 33.8 Å². The SMILES string of the molecule is C=CCOC(=O)Oc1c(C)c2c(c3c1CC1[C@H]4c5c(cc(C)c(OC)c5OCOC)C[C@H]([C@H](C#N)N1[C@H]3CNC(=O)OCC(Cl)(Cl)Cl)N4C)OCO2. The second-order valence-corrected chi connectivity index (χ2v) is 15.3. The number of methoxy groups -OCH3 is 2. The molecule has 2 aromatic carbocycles. The molecule has 1 amide bonds. The van der Waals surface area contributed by atoms with Gasteiger partial charge in [0.25, 0.3) is 0 Å². The lowest BCUT2D eigenvalue weighted by Crippen LogP contribution is -2.68. The fourth-order valence-electron chi connectivity index (χ4n) is 8.02. The van der Waals surface area contributed by atoms with Crippen molar-refractivity contribution in [2.24, 2.45) is 0 Å². The molecule has 0 radical (unpaired) electrons. The van der Waals surface area contributed by atoms with Gasteiger partial charge in [-0.15, -0.1) is 0 Å². The molecule has 0 aromatic heterocycles. The third kappa shape index (κ3) is 6.86. The number of benzene rings is 2. The monoisotopic (exact) mass is 780 g/mol. The highest BCUT2D eigenvalue weighted by Crippen LogP contribution is 2.58. The Bertz CT molecular complexity index is 1800. The van der Waals surface area contributed by atoms with Crippen LogP contribution in [0.5, 0.6) is 28.7 Å². The molecular weight excluding hydrogens is 743 g/mol. The first-order valence-electron chi connectivity index (χ1n) is 16.4. The number of piperazine rings is 1. The molecule has 14 nitrogen and oxygen atoms in total. The summed E-state index contributed by atoms with van der Waals surface area (Å²) in [4.78, 5) is 30.3. The van der Waals surface area contributed by atoms with Crippen LogP contribution in [-0.2, 0) is 27.1 Å². The van der Waals surface area contributed by atoms with Gasteiger partial charge in [-0.1, -0.05) is 53.5 Å². The Morgan fingerprint density at radius 2 is 1.85 bits per heavy atom. The number of carbonyl (C=O) groups is 2. The summed E-state index contributed by atoms with van der Waals surface area (Å²) in [7, 11) is 5.11. The van der Waals surface area contributed by atoms with E-state index in [0.717, 1.165) is 16.7 Å². The number of amides is 1. The van der Waals surface area contributed by atoms with E-state index in [-0.39, 0.29) is 51.0 Å². The first-order valence-corrected chi connectivity index (χ1v) is 17.6. The Kier molecular flexibility index (Phi) is 11.1. The molecule has 280 valence electrons. The number of likely N-dealkylation sites (N-methyl/N-ethyl adjacent to an activating group) is 1. The van der Waals surface area contributed by atoms with Gasteiger partial charge < -0.3 is 43.2 Å². The van der Waals surface area contributed by atoms with Gasteiger partial charge in [0.1, 0.15) is 25.0 Å². The summed E-state index contributed by atoms with van der Waals surface area (Å²) in [5.41, 5.74) is 4.50. The molecule has 1 unspecified atom stereocenters. The van der Waals surface area contributed by atoms with Crippen molar-refractivity contribution in [2.45, 2.75) is 60.7 Å². The minimum absolute atomic E-state index is 0.0273. The van der Waals surface area contributed by atoms with Crippen molar-refractivity contribution < 1.29 is 47.5 Å². The highest BCUT2D eigenvalue weighted by Gasteiger charge is 2.57. The normalized spacial score (nSPS) is 22.9. The topological polar surface area (TPSA) is 150 Å². The summed E-state index contributed by atoms with van der Waals surface area (Å²) in [6, 6.07) is 2.14. The third-order valence-electron chi connectivity index (χ3n) is 9.88. The number of nitrogens with zero attached hydrogens (tertiary/aromatic N) is 3. The number of rotatable bonds is 10. The standard InChI is InChI=1S/C35H39Cl3N4O10/c1-7-8-47-34(44)52-29-18(3)30-32(51-16-50-30)26-20(29)11-22-27-25-19(9-17(2)28(46-6)31(25)49-15-45-5)10-21(41(27)4)23(12-39)42(22)24(26)13-40-33(43)48-14-35(36,37)38/h7,9,21-24,27H,1,8,10-11,13-16H2,2-6H3,(H,40,43)/t21-,22?,23+,24+,27+/m1/s1. The van der Waals surface area contributed by atoms with Crippen LogP contribution in [0.4, 0.5) is 9.59 Å². The number of alkyl carbamates (subject to hydrolysis) is 1. The van der Waals surface area contributed by atoms with E-state index in [4.69, 9.17) is 72.7 Å². The lowest BCUT2D eigenvalue weighted by molar-refractivity contribution is -0.0731. The zero-order valence-corrected chi connectivity index (χ0v) is 31.5. The molecule has 0 aliphatic carbocycles. The van der Waals surface area contributed by atoms with Crippen LogP contribution in [0.2, 0.25) is 0 Å². The van der Waals surface area contributed by atoms with Gasteiger partial charge in [-0.3, -0.25) is 9.80 Å². The first-order chi connectivity index (χ1) is 24.8. The quantitative estimate of drug-likeness (QED) is 0.105. The number of fused-ring (bicyclic) bond motifs is 9. The van der Waals surface area contributed by atoms with E-state index in [1.165, 1.54) is 6.08 Å². The second kappa shape index (κ2) is 15.3. The smallest absolute Gasteiger partial charge is 0.493 e. The minimum atomic E-state index is -1.83. The van der Waals surface area contributed by atoms with Gasteiger partial charge in [0.15, 0.2) is 29.8 Å². The summed E-state index contributed by atoms with van der Waals surface area (Å²) in [6.45, 7) is 6.56. The molecule has 5 atom stereocenters. The zero-order chi connectivity index (χ0) is 37.5. The average Bonchev–Trinajstić information content (AvgIpc) is 3.59. The average molecular weight is 782 g/mol. The van der Waals surface area contributed by atoms with Crippen molar-refractivity contribution in [3.8, 4) is 34.8 Å². The molecular formula is C35H39Cl3N4O10. The van der Waals surface area contributed by atoms with E-state index in [1.807, 2.05) is 14.0 Å². The van der Waals surface area contributed by atoms with Gasteiger partial charge >= 0.3 is 12.2 Å². The molecule has 2 aromatic rings. The van der Waals surface area contributed by atoms with Gasteiger partial charge in [-0.2, -0.15) is 5.26 Å². The van der Waals surface area contributed by atoms with Crippen LogP contribution in [0, 0.1) is 25.2 Å². The number of alkyl halides is 3. The van der Waals surface area contributed by atoms with Crippen molar-refractivity contribution >= 4 is 47.1 Å². The Hall–Kier alpha value is -3.84. The van der Waals surface area contributed by atoms with Crippen molar-refractivity contribution in [3.05, 3.63) is 52.1 Å². The first kappa shape index (κ1) is 37.9. The molecule has 1 fully saturated rings. The van der Waals surface area contributed by atoms with Crippen LogP contribution < -0.4 is 29.0 Å². The molecule has 52 heavy (non-hydrogen) atoms. The number of hydrogen-bond donors (Lipinski definition) is 1. The summed E-state index contributed by atoms with van der Waals surface area (Å²) in [5, 5.41) is 13.7. The number of aryl methyl sites for hydroxylation is 1. The zero-order valence-electron chi connectivity index (χ0n) is 29.3. The van der Waals surface area contributed by atoms with Gasteiger partial charge in [-0.05, 0) is 44.9 Å². The van der Waals surface area contributed by atoms with Crippen molar-refractivity contribution in [1.82, 2.24) is 15.1 Å². The molecule has 6 rings (SSSR count). The fourth-order valence-corrected chi connectivity index (χ4v) is 8.19. The molecule has 4 heterocycles. The molecule has 4 aliphatic heterocycles. The van der Waals surface area contributed by atoms with Crippen LogP contribution >= 0.6 is 34.8 Å². The Morgan fingerprint density at radius 3 is 2.52 bits per heavy atom. The summed E-state index contributed by atoms with van der Waals surface area (Å²) >= 11 is 17.5. The Morgan fingerprint density at radius 1 is 1.10 bits per heavy atom. The molecule has 2 bridgehead atoms. The van der Waals surface area contributed by atoms with Gasteiger partial charge in [0.05, 0.1) is 25.3 Å². The summed E-state index contributed by atoms with van der Waals surface area (Å²) in [5.74, 6) is 2.12. The summed E-state index contributed by atoms with van der Waals surface area (Å²) in [6.07, 6.45) is 0.450. The van der Waals surface area contributed by atoms with E-state index in [1.54, 1.807) is 21.1 Å².